The van der Waals surface area contributed by atoms with Crippen LogP contribution in [0.2, 0.25) is 0 Å². The first-order valence-corrected chi connectivity index (χ1v) is 9.19. The highest BCUT2D eigenvalue weighted by atomic mass is 16.6. The molecule has 0 aromatic carbocycles. The fraction of sp³-hybridized carbons (Fsp3) is 0.737. The smallest absolute Gasteiger partial charge is 0.414 e. The van der Waals surface area contributed by atoms with Gasteiger partial charge in [-0.1, -0.05) is 18.9 Å². The third kappa shape index (κ3) is 8.18. The fourth-order valence-corrected chi connectivity index (χ4v) is 2.89. The van der Waals surface area contributed by atoms with Gasteiger partial charge in [-0.05, 0) is 52.9 Å². The van der Waals surface area contributed by atoms with E-state index in [9.17, 15) is 14.4 Å². The van der Waals surface area contributed by atoms with Crippen LogP contribution in [0.15, 0.2) is 12.7 Å². The minimum Gasteiger partial charge on any atom is -0.444 e. The average Bonchev–Trinajstić information content (AvgIpc) is 2.98. The maximum absolute atomic E-state index is 12.4. The first-order chi connectivity index (χ1) is 11.7. The molecule has 142 valence electrons. The van der Waals surface area contributed by atoms with Crippen molar-refractivity contribution in [3.05, 3.63) is 12.7 Å². The number of imide groups is 1. The summed E-state index contributed by atoms with van der Waals surface area (Å²) in [5.41, 5.74) is -0.666. The SMILES string of the molecule is C=CCCCCCCC(=O)N1CCC[C@H]1C(=O)NC(=O)OC(C)(C)C. The molecule has 6 heteroatoms. The van der Waals surface area contributed by atoms with Crippen LogP contribution in [0, 0.1) is 0 Å². The molecule has 0 aromatic heterocycles. The minimum atomic E-state index is -0.765. The summed E-state index contributed by atoms with van der Waals surface area (Å²) in [5, 5.41) is 2.25. The number of nitrogens with one attached hydrogen (secondary N) is 1. The molecule has 1 saturated heterocycles. The predicted octanol–water partition coefficient (Wildman–Crippen LogP) is 3.56. The minimum absolute atomic E-state index is 0.00874. The highest BCUT2D eigenvalue weighted by Crippen LogP contribution is 2.20. The van der Waals surface area contributed by atoms with Crippen LogP contribution in [0.25, 0.3) is 0 Å². The zero-order valence-electron chi connectivity index (χ0n) is 15.8. The average molecular weight is 352 g/mol. The summed E-state index contributed by atoms with van der Waals surface area (Å²) < 4.78 is 5.09. The molecule has 0 unspecified atom stereocenters. The van der Waals surface area contributed by atoms with E-state index in [1.807, 2.05) is 6.08 Å². The maximum Gasteiger partial charge on any atom is 0.414 e. The Labute approximate surface area is 151 Å². The normalized spacial score (nSPS) is 17.2. The Kier molecular flexibility index (Phi) is 8.66. The van der Waals surface area contributed by atoms with Gasteiger partial charge in [0.25, 0.3) is 5.91 Å². The van der Waals surface area contributed by atoms with Gasteiger partial charge in [0.1, 0.15) is 11.6 Å². The van der Waals surface area contributed by atoms with Crippen molar-refractivity contribution in [2.75, 3.05) is 6.54 Å². The van der Waals surface area contributed by atoms with Crippen LogP contribution in [0.1, 0.15) is 72.1 Å². The first-order valence-electron chi connectivity index (χ1n) is 9.19. The van der Waals surface area contributed by atoms with E-state index in [2.05, 4.69) is 11.9 Å². The van der Waals surface area contributed by atoms with Gasteiger partial charge in [-0.15, -0.1) is 6.58 Å². The number of carbonyl (C=O) groups excluding carboxylic acids is 3. The van der Waals surface area contributed by atoms with Gasteiger partial charge in [0.2, 0.25) is 5.91 Å². The van der Waals surface area contributed by atoms with E-state index >= 15 is 0 Å². The summed E-state index contributed by atoms with van der Waals surface area (Å²) in [6.07, 6.45) is 7.97. The molecule has 6 nitrogen and oxygen atoms in total. The number of hydrogen-bond donors (Lipinski definition) is 1. The van der Waals surface area contributed by atoms with Crippen molar-refractivity contribution in [3.8, 4) is 0 Å². The number of carbonyl (C=O) groups is 3. The third-order valence-corrected chi connectivity index (χ3v) is 4.05. The number of nitrogens with zero attached hydrogens (tertiary/aromatic N) is 1. The van der Waals surface area contributed by atoms with E-state index < -0.39 is 23.6 Å². The number of unbranched alkanes of at least 4 members (excludes halogenated alkanes) is 4. The van der Waals surface area contributed by atoms with Crippen molar-refractivity contribution in [1.29, 1.82) is 0 Å². The lowest BCUT2D eigenvalue weighted by Crippen LogP contribution is -2.48. The van der Waals surface area contributed by atoms with Gasteiger partial charge in [0.05, 0.1) is 0 Å². The highest BCUT2D eigenvalue weighted by molar-refractivity contribution is 5.97. The fourth-order valence-electron chi connectivity index (χ4n) is 2.89. The van der Waals surface area contributed by atoms with E-state index in [1.165, 1.54) is 0 Å². The molecular formula is C19H32N2O4. The molecule has 1 rings (SSSR count). The van der Waals surface area contributed by atoms with Crippen LogP contribution >= 0.6 is 0 Å². The summed E-state index contributed by atoms with van der Waals surface area (Å²) in [5.74, 6) is -0.461. The van der Waals surface area contributed by atoms with Crippen molar-refractivity contribution in [2.45, 2.75) is 83.8 Å². The van der Waals surface area contributed by atoms with Crippen molar-refractivity contribution >= 4 is 17.9 Å². The number of amides is 3. The number of ether oxygens (including phenoxy) is 1. The number of hydrogen-bond acceptors (Lipinski definition) is 4. The third-order valence-electron chi connectivity index (χ3n) is 4.05. The van der Waals surface area contributed by atoms with Crippen LogP contribution in [0.4, 0.5) is 4.79 Å². The Morgan fingerprint density at radius 3 is 2.52 bits per heavy atom. The molecule has 25 heavy (non-hydrogen) atoms. The van der Waals surface area contributed by atoms with Crippen LogP contribution in [0.3, 0.4) is 0 Å². The number of rotatable bonds is 8. The number of allylic oxidation sites excluding steroid dienone is 1. The molecule has 1 atom stereocenters. The topological polar surface area (TPSA) is 75.7 Å². The van der Waals surface area contributed by atoms with Gasteiger partial charge < -0.3 is 9.64 Å². The van der Waals surface area contributed by atoms with Gasteiger partial charge in [0, 0.05) is 13.0 Å². The summed E-state index contributed by atoms with van der Waals surface area (Å²) in [4.78, 5) is 38.0. The number of alkyl carbamates (subject to hydrolysis) is 1. The van der Waals surface area contributed by atoms with Gasteiger partial charge in [-0.3, -0.25) is 14.9 Å². The second kappa shape index (κ2) is 10.2. The molecule has 1 N–H and O–H groups in total. The molecule has 0 spiro atoms. The first kappa shape index (κ1) is 21.2. The molecular weight excluding hydrogens is 320 g/mol. The van der Waals surface area contributed by atoms with Crippen molar-refractivity contribution in [3.63, 3.8) is 0 Å². The Hall–Kier alpha value is -1.85. The van der Waals surface area contributed by atoms with Gasteiger partial charge >= 0.3 is 6.09 Å². The lowest BCUT2D eigenvalue weighted by atomic mass is 10.1. The van der Waals surface area contributed by atoms with Crippen molar-refractivity contribution in [1.82, 2.24) is 10.2 Å². The summed E-state index contributed by atoms with van der Waals surface area (Å²) >= 11 is 0. The summed E-state index contributed by atoms with van der Waals surface area (Å²) in [6.45, 7) is 9.46. The summed E-state index contributed by atoms with van der Waals surface area (Å²) in [6, 6.07) is -0.569. The van der Waals surface area contributed by atoms with Gasteiger partial charge in [0.15, 0.2) is 0 Å². The zero-order chi connectivity index (χ0) is 18.9. The second-order valence-corrected chi connectivity index (χ2v) is 7.48. The number of likely N-dealkylation sites (tertiary alicyclic amines) is 1. The molecule has 1 aliphatic rings. The lowest BCUT2D eigenvalue weighted by molar-refractivity contribution is -0.138. The Bertz CT molecular complexity index is 482. The molecule has 3 amide bonds. The van der Waals surface area contributed by atoms with Crippen LogP contribution in [-0.2, 0) is 14.3 Å². The largest absolute Gasteiger partial charge is 0.444 e. The Morgan fingerprint density at radius 2 is 1.88 bits per heavy atom. The van der Waals surface area contributed by atoms with Crippen LogP contribution < -0.4 is 5.32 Å². The van der Waals surface area contributed by atoms with E-state index in [0.29, 0.717) is 19.4 Å². The molecule has 0 aromatic rings. The highest BCUT2D eigenvalue weighted by Gasteiger charge is 2.35. The monoisotopic (exact) mass is 352 g/mol. The molecule has 0 radical (unpaired) electrons. The Morgan fingerprint density at radius 1 is 1.20 bits per heavy atom. The van der Waals surface area contributed by atoms with Gasteiger partial charge in [-0.25, -0.2) is 4.79 Å². The Balaban J connectivity index is 2.41. The van der Waals surface area contributed by atoms with Crippen molar-refractivity contribution < 1.29 is 19.1 Å². The molecule has 1 aliphatic heterocycles. The van der Waals surface area contributed by atoms with E-state index in [4.69, 9.17) is 4.74 Å². The van der Waals surface area contributed by atoms with Crippen LogP contribution in [0.5, 0.6) is 0 Å². The van der Waals surface area contributed by atoms with E-state index in [1.54, 1.807) is 25.7 Å². The predicted molar refractivity (Wildman–Crippen MR) is 97.0 cm³/mol. The zero-order valence-corrected chi connectivity index (χ0v) is 15.8. The standard InChI is InChI=1S/C19H32N2O4/c1-5-6-7-8-9-10-13-16(22)21-14-11-12-15(21)17(23)20-18(24)25-19(2,3)4/h5,15H,1,6-14H2,2-4H3,(H,20,23,24)/t15-/m0/s1. The molecule has 1 fully saturated rings. The molecule has 0 bridgehead atoms. The van der Waals surface area contributed by atoms with E-state index in [-0.39, 0.29) is 5.91 Å². The lowest BCUT2D eigenvalue weighted by Gasteiger charge is -2.25. The van der Waals surface area contributed by atoms with Gasteiger partial charge in [-0.2, -0.15) is 0 Å². The molecule has 0 saturated carbocycles. The maximum atomic E-state index is 12.4. The molecule has 1 heterocycles. The van der Waals surface area contributed by atoms with Crippen LogP contribution in [-0.4, -0.2) is 41.0 Å². The molecule has 0 aliphatic carbocycles. The second-order valence-electron chi connectivity index (χ2n) is 7.48. The van der Waals surface area contributed by atoms with Crippen molar-refractivity contribution in [2.24, 2.45) is 0 Å². The summed E-state index contributed by atoms with van der Waals surface area (Å²) in [7, 11) is 0. The van der Waals surface area contributed by atoms with E-state index in [0.717, 1.165) is 38.5 Å². The quantitative estimate of drug-likeness (QED) is 0.535.